The van der Waals surface area contributed by atoms with Crippen molar-refractivity contribution in [2.75, 3.05) is 18.4 Å². The number of nitro benzene ring substituents is 1. The van der Waals surface area contributed by atoms with Gasteiger partial charge in [0, 0.05) is 24.7 Å². The minimum absolute atomic E-state index is 0.00720. The molecule has 6 nitrogen and oxygen atoms in total. The molecule has 0 spiro atoms. The molecule has 0 saturated carbocycles. The van der Waals surface area contributed by atoms with Crippen LogP contribution in [0.1, 0.15) is 46.4 Å². The molecule has 0 bridgehead atoms. The van der Waals surface area contributed by atoms with E-state index in [2.05, 4.69) is 15.9 Å². The number of nitrogens with zero attached hydrogens (tertiary/aromatic N) is 2. The Labute approximate surface area is 136 Å². The van der Waals surface area contributed by atoms with E-state index in [1.54, 1.807) is 4.90 Å². The third-order valence-electron chi connectivity index (χ3n) is 3.76. The Morgan fingerprint density at radius 3 is 2.36 bits per heavy atom. The fourth-order valence-corrected chi connectivity index (χ4v) is 2.88. The van der Waals surface area contributed by atoms with Crippen molar-refractivity contribution < 1.29 is 14.5 Å². The van der Waals surface area contributed by atoms with Crippen LogP contribution in [0.2, 0.25) is 0 Å². The molecule has 1 heterocycles. The van der Waals surface area contributed by atoms with E-state index in [0.29, 0.717) is 13.1 Å². The van der Waals surface area contributed by atoms with Crippen LogP contribution in [0.25, 0.3) is 0 Å². The Hall–Kier alpha value is -1.76. The van der Waals surface area contributed by atoms with Crippen molar-refractivity contribution in [2.24, 2.45) is 0 Å². The van der Waals surface area contributed by atoms with Crippen LogP contribution >= 0.6 is 15.9 Å². The number of alkyl halides is 1. The molecule has 1 aromatic rings. The largest absolute Gasteiger partial charge is 0.339 e. The average molecular weight is 369 g/mol. The van der Waals surface area contributed by atoms with Gasteiger partial charge in [-0.05, 0) is 25.0 Å². The SMILES string of the molecule is O=C(CBr)c1ccc(C(=O)N2CCCCCC2)cc1[N+](=O)[O-]. The lowest BCUT2D eigenvalue weighted by Crippen LogP contribution is -2.31. The van der Waals surface area contributed by atoms with E-state index in [0.717, 1.165) is 25.7 Å². The molecule has 118 valence electrons. The van der Waals surface area contributed by atoms with Crippen LogP contribution in [0.5, 0.6) is 0 Å². The molecule has 0 N–H and O–H groups in total. The van der Waals surface area contributed by atoms with Crippen LogP contribution in [-0.2, 0) is 0 Å². The first-order chi connectivity index (χ1) is 10.5. The molecule has 22 heavy (non-hydrogen) atoms. The lowest BCUT2D eigenvalue weighted by molar-refractivity contribution is -0.385. The highest BCUT2D eigenvalue weighted by atomic mass is 79.9. The number of ketones is 1. The molecule has 0 atom stereocenters. The number of likely N-dealkylation sites (tertiary alicyclic amines) is 1. The van der Waals surface area contributed by atoms with Crippen molar-refractivity contribution >= 4 is 33.3 Å². The Morgan fingerprint density at radius 1 is 1.18 bits per heavy atom. The zero-order chi connectivity index (χ0) is 16.1. The molecule has 0 unspecified atom stereocenters. The zero-order valence-electron chi connectivity index (χ0n) is 12.1. The summed E-state index contributed by atoms with van der Waals surface area (Å²) in [5, 5.41) is 11.2. The maximum atomic E-state index is 12.5. The number of benzene rings is 1. The topological polar surface area (TPSA) is 80.5 Å². The summed E-state index contributed by atoms with van der Waals surface area (Å²) < 4.78 is 0. The lowest BCUT2D eigenvalue weighted by atomic mass is 10.1. The van der Waals surface area contributed by atoms with Crippen LogP contribution in [0.3, 0.4) is 0 Å². The quantitative estimate of drug-likeness (QED) is 0.353. The van der Waals surface area contributed by atoms with Gasteiger partial charge in [0.15, 0.2) is 5.78 Å². The van der Waals surface area contributed by atoms with Gasteiger partial charge < -0.3 is 4.90 Å². The molecule has 1 aliphatic rings. The highest BCUT2D eigenvalue weighted by molar-refractivity contribution is 9.09. The summed E-state index contributed by atoms with van der Waals surface area (Å²) in [6.45, 7) is 1.35. The average Bonchev–Trinajstić information content (AvgIpc) is 2.82. The smallest absolute Gasteiger partial charge is 0.281 e. The maximum Gasteiger partial charge on any atom is 0.281 e. The number of amides is 1. The van der Waals surface area contributed by atoms with Crippen molar-refractivity contribution in [1.29, 1.82) is 0 Å². The maximum absolute atomic E-state index is 12.5. The van der Waals surface area contributed by atoms with E-state index < -0.39 is 4.92 Å². The van der Waals surface area contributed by atoms with Crippen LogP contribution in [0.15, 0.2) is 18.2 Å². The predicted molar refractivity (Wildman–Crippen MR) is 85.6 cm³/mol. The van der Waals surface area contributed by atoms with Gasteiger partial charge >= 0.3 is 0 Å². The van der Waals surface area contributed by atoms with Gasteiger partial charge in [0.1, 0.15) is 0 Å². The van der Waals surface area contributed by atoms with E-state index in [4.69, 9.17) is 0 Å². The van der Waals surface area contributed by atoms with Crippen molar-refractivity contribution in [1.82, 2.24) is 4.90 Å². The minimum atomic E-state index is -0.616. The van der Waals surface area contributed by atoms with Crippen LogP contribution in [0, 0.1) is 10.1 Å². The first kappa shape index (κ1) is 16.6. The fourth-order valence-electron chi connectivity index (χ4n) is 2.58. The van der Waals surface area contributed by atoms with Gasteiger partial charge in [-0.1, -0.05) is 28.8 Å². The van der Waals surface area contributed by atoms with Gasteiger partial charge in [0.2, 0.25) is 0 Å². The number of Topliss-reactive ketones (excluding diaryl/α,β-unsaturated/α-hetero) is 1. The molecule has 0 aromatic heterocycles. The van der Waals surface area contributed by atoms with Crippen LogP contribution < -0.4 is 0 Å². The molecule has 1 saturated heterocycles. The zero-order valence-corrected chi connectivity index (χ0v) is 13.7. The van der Waals surface area contributed by atoms with Gasteiger partial charge in [-0.3, -0.25) is 19.7 Å². The highest BCUT2D eigenvalue weighted by Gasteiger charge is 2.24. The molecule has 1 aliphatic heterocycles. The molecule has 2 rings (SSSR count). The number of rotatable bonds is 4. The van der Waals surface area contributed by atoms with E-state index in [1.807, 2.05) is 0 Å². The monoisotopic (exact) mass is 368 g/mol. The number of nitro groups is 1. The molecule has 0 radical (unpaired) electrons. The summed E-state index contributed by atoms with van der Waals surface area (Å²) in [5.74, 6) is -0.580. The molecule has 7 heteroatoms. The van der Waals surface area contributed by atoms with Gasteiger partial charge in [-0.2, -0.15) is 0 Å². The number of carbonyl (C=O) groups excluding carboxylic acids is 2. The van der Waals surface area contributed by atoms with Gasteiger partial charge in [-0.15, -0.1) is 0 Å². The van der Waals surface area contributed by atoms with E-state index in [-0.39, 0.29) is 33.8 Å². The van der Waals surface area contributed by atoms with Crippen LogP contribution in [0.4, 0.5) is 5.69 Å². The molecule has 1 fully saturated rings. The molecular weight excluding hydrogens is 352 g/mol. The normalized spacial score (nSPS) is 15.2. The number of hydrogen-bond donors (Lipinski definition) is 0. The molecular formula is C15H17BrN2O4. The van der Waals surface area contributed by atoms with Crippen molar-refractivity contribution in [2.45, 2.75) is 25.7 Å². The second-order valence-electron chi connectivity index (χ2n) is 5.25. The van der Waals surface area contributed by atoms with Gasteiger partial charge in [0.25, 0.3) is 11.6 Å². The predicted octanol–water partition coefficient (Wildman–Crippen LogP) is 3.19. The summed E-state index contributed by atoms with van der Waals surface area (Å²) in [6, 6.07) is 4.08. The Balaban J connectivity index is 2.31. The summed E-state index contributed by atoms with van der Waals surface area (Å²) in [7, 11) is 0. The highest BCUT2D eigenvalue weighted by Crippen LogP contribution is 2.23. The summed E-state index contributed by atoms with van der Waals surface area (Å²) in [5.41, 5.74) is -0.0286. The summed E-state index contributed by atoms with van der Waals surface area (Å²) in [6.07, 6.45) is 4.10. The van der Waals surface area contributed by atoms with Gasteiger partial charge in [-0.25, -0.2) is 0 Å². The Bertz CT molecular complexity index is 595. The fraction of sp³-hybridized carbons (Fsp3) is 0.467. The second kappa shape index (κ2) is 7.49. The van der Waals surface area contributed by atoms with E-state index in [9.17, 15) is 19.7 Å². The molecule has 1 amide bonds. The van der Waals surface area contributed by atoms with E-state index in [1.165, 1.54) is 18.2 Å². The van der Waals surface area contributed by atoms with Gasteiger partial charge in [0.05, 0.1) is 15.8 Å². The number of halogens is 1. The standard InChI is InChI=1S/C15H17BrN2O4/c16-10-14(19)12-6-5-11(9-13(12)18(21)22)15(20)17-7-3-1-2-4-8-17/h5-6,9H,1-4,7-8,10H2. The number of hydrogen-bond acceptors (Lipinski definition) is 4. The van der Waals surface area contributed by atoms with Crippen molar-refractivity contribution in [3.8, 4) is 0 Å². The third kappa shape index (κ3) is 3.71. The Kier molecular flexibility index (Phi) is 5.65. The van der Waals surface area contributed by atoms with E-state index >= 15 is 0 Å². The molecule has 0 aliphatic carbocycles. The summed E-state index contributed by atoms with van der Waals surface area (Å²) in [4.78, 5) is 36.5. The lowest BCUT2D eigenvalue weighted by Gasteiger charge is -2.20. The van der Waals surface area contributed by atoms with Crippen molar-refractivity contribution in [3.63, 3.8) is 0 Å². The third-order valence-corrected chi connectivity index (χ3v) is 4.27. The first-order valence-corrected chi connectivity index (χ1v) is 8.33. The van der Waals surface area contributed by atoms with Crippen LogP contribution in [-0.4, -0.2) is 39.9 Å². The summed E-state index contributed by atoms with van der Waals surface area (Å²) >= 11 is 3.01. The minimum Gasteiger partial charge on any atom is -0.339 e. The number of carbonyl (C=O) groups is 2. The van der Waals surface area contributed by atoms with Crippen molar-refractivity contribution in [3.05, 3.63) is 39.4 Å². The first-order valence-electron chi connectivity index (χ1n) is 7.21. The molecule has 1 aromatic carbocycles. The second-order valence-corrected chi connectivity index (χ2v) is 5.81. The Morgan fingerprint density at radius 2 is 1.82 bits per heavy atom.